The van der Waals surface area contributed by atoms with Gasteiger partial charge in [-0.1, -0.05) is 29.8 Å². The molecule has 0 N–H and O–H groups in total. The Bertz CT molecular complexity index is 788. The quantitative estimate of drug-likeness (QED) is 0.798. The molecule has 24 heavy (non-hydrogen) atoms. The van der Waals surface area contributed by atoms with Gasteiger partial charge >= 0.3 is 0 Å². The maximum atomic E-state index is 13.0. The van der Waals surface area contributed by atoms with Gasteiger partial charge < -0.3 is 4.74 Å². The molecule has 0 aromatic heterocycles. The van der Waals surface area contributed by atoms with Crippen molar-refractivity contribution in [3.63, 3.8) is 0 Å². The SMILES string of the molecule is CCOc1ccc(CN(C)S(=O)(=O)c2c(C)cc(C)cc2C)cc1. The van der Waals surface area contributed by atoms with Gasteiger partial charge in [-0.05, 0) is 56.5 Å². The van der Waals surface area contributed by atoms with Gasteiger partial charge in [0.25, 0.3) is 0 Å². The molecule has 0 fully saturated rings. The van der Waals surface area contributed by atoms with Crippen LogP contribution in [0, 0.1) is 20.8 Å². The maximum absolute atomic E-state index is 13.0. The van der Waals surface area contributed by atoms with Crippen molar-refractivity contribution in [2.75, 3.05) is 13.7 Å². The molecule has 0 bridgehead atoms. The van der Waals surface area contributed by atoms with E-state index in [1.807, 2.05) is 64.1 Å². The Morgan fingerprint density at radius 2 is 1.54 bits per heavy atom. The first-order valence-corrected chi connectivity index (χ1v) is 9.45. The molecule has 0 radical (unpaired) electrons. The normalized spacial score (nSPS) is 11.8. The van der Waals surface area contributed by atoms with E-state index in [9.17, 15) is 8.42 Å². The number of benzene rings is 2. The van der Waals surface area contributed by atoms with Gasteiger partial charge in [-0.2, -0.15) is 4.31 Å². The van der Waals surface area contributed by atoms with Crippen LogP contribution in [-0.2, 0) is 16.6 Å². The minimum Gasteiger partial charge on any atom is -0.494 e. The number of sulfonamides is 1. The third kappa shape index (κ3) is 3.97. The second-order valence-electron chi connectivity index (χ2n) is 6.07. The van der Waals surface area contributed by atoms with E-state index in [0.29, 0.717) is 18.0 Å². The number of nitrogens with zero attached hydrogens (tertiary/aromatic N) is 1. The summed E-state index contributed by atoms with van der Waals surface area (Å²) in [6, 6.07) is 11.3. The molecule has 0 spiro atoms. The van der Waals surface area contributed by atoms with E-state index in [-0.39, 0.29) is 0 Å². The van der Waals surface area contributed by atoms with Gasteiger partial charge in [0.1, 0.15) is 5.75 Å². The highest BCUT2D eigenvalue weighted by molar-refractivity contribution is 7.89. The van der Waals surface area contributed by atoms with Crippen LogP contribution in [0.5, 0.6) is 5.75 Å². The van der Waals surface area contributed by atoms with Crippen LogP contribution < -0.4 is 4.74 Å². The largest absolute Gasteiger partial charge is 0.494 e. The van der Waals surface area contributed by atoms with E-state index in [1.54, 1.807) is 7.05 Å². The number of rotatable bonds is 6. The Morgan fingerprint density at radius 3 is 2.04 bits per heavy atom. The fourth-order valence-corrected chi connectivity index (χ4v) is 4.49. The first kappa shape index (κ1) is 18.5. The van der Waals surface area contributed by atoms with Gasteiger partial charge in [-0.15, -0.1) is 0 Å². The van der Waals surface area contributed by atoms with Crippen LogP contribution in [-0.4, -0.2) is 26.4 Å². The van der Waals surface area contributed by atoms with Crippen molar-refractivity contribution < 1.29 is 13.2 Å². The highest BCUT2D eigenvalue weighted by atomic mass is 32.2. The molecule has 0 amide bonds. The Kier molecular flexibility index (Phi) is 5.67. The van der Waals surface area contributed by atoms with Crippen LogP contribution in [0.1, 0.15) is 29.2 Å². The molecule has 2 rings (SSSR count). The highest BCUT2D eigenvalue weighted by Gasteiger charge is 2.25. The lowest BCUT2D eigenvalue weighted by molar-refractivity contribution is 0.340. The topological polar surface area (TPSA) is 46.6 Å². The maximum Gasteiger partial charge on any atom is 0.243 e. The van der Waals surface area contributed by atoms with Crippen molar-refractivity contribution in [1.29, 1.82) is 0 Å². The first-order chi connectivity index (χ1) is 11.3. The molecule has 4 nitrogen and oxygen atoms in total. The minimum atomic E-state index is -3.53. The van der Waals surface area contributed by atoms with Crippen LogP contribution in [0.3, 0.4) is 0 Å². The van der Waals surface area contributed by atoms with Crippen LogP contribution in [0.4, 0.5) is 0 Å². The molecular weight excluding hydrogens is 322 g/mol. The molecule has 0 saturated carbocycles. The fourth-order valence-electron chi connectivity index (χ4n) is 2.93. The lowest BCUT2D eigenvalue weighted by Gasteiger charge is -2.20. The van der Waals surface area contributed by atoms with E-state index in [4.69, 9.17) is 4.74 Å². The first-order valence-electron chi connectivity index (χ1n) is 8.01. The third-order valence-electron chi connectivity index (χ3n) is 3.91. The monoisotopic (exact) mass is 347 g/mol. The summed E-state index contributed by atoms with van der Waals surface area (Å²) in [5.74, 6) is 0.789. The standard InChI is InChI=1S/C19H25NO3S/c1-6-23-18-9-7-17(8-10-18)13-20(5)24(21,22)19-15(3)11-14(2)12-16(19)4/h7-12H,6,13H2,1-5H3. The zero-order chi connectivity index (χ0) is 17.9. The molecular formula is C19H25NO3S. The second kappa shape index (κ2) is 7.36. The Labute approximate surface area is 145 Å². The van der Waals surface area contributed by atoms with Gasteiger partial charge in [0.15, 0.2) is 0 Å². The van der Waals surface area contributed by atoms with Crippen LogP contribution in [0.15, 0.2) is 41.3 Å². The van der Waals surface area contributed by atoms with Crippen molar-refractivity contribution in [3.8, 4) is 5.75 Å². The lowest BCUT2D eigenvalue weighted by Crippen LogP contribution is -2.27. The van der Waals surface area contributed by atoms with Crippen LogP contribution >= 0.6 is 0 Å². The smallest absolute Gasteiger partial charge is 0.243 e. The highest BCUT2D eigenvalue weighted by Crippen LogP contribution is 2.25. The van der Waals surface area contributed by atoms with E-state index in [1.165, 1.54) is 4.31 Å². The fraction of sp³-hybridized carbons (Fsp3) is 0.368. The zero-order valence-electron chi connectivity index (χ0n) is 15.0. The summed E-state index contributed by atoms with van der Waals surface area (Å²) in [5.41, 5.74) is 3.56. The number of hydrogen-bond acceptors (Lipinski definition) is 3. The Balaban J connectivity index is 2.26. The molecule has 0 aliphatic carbocycles. The van der Waals surface area contributed by atoms with Crippen molar-refractivity contribution in [3.05, 3.63) is 58.7 Å². The molecule has 0 aliphatic heterocycles. The second-order valence-corrected chi connectivity index (χ2v) is 8.05. The molecule has 0 unspecified atom stereocenters. The van der Waals surface area contributed by atoms with Crippen molar-refractivity contribution in [2.24, 2.45) is 0 Å². The van der Waals surface area contributed by atoms with Gasteiger partial charge in [0.2, 0.25) is 10.0 Å². The molecule has 2 aromatic rings. The van der Waals surface area contributed by atoms with Crippen molar-refractivity contribution >= 4 is 10.0 Å². The van der Waals surface area contributed by atoms with Gasteiger partial charge in [0, 0.05) is 13.6 Å². The summed E-state index contributed by atoms with van der Waals surface area (Å²) in [5, 5.41) is 0. The van der Waals surface area contributed by atoms with Crippen molar-refractivity contribution in [2.45, 2.75) is 39.1 Å². The Hall–Kier alpha value is -1.85. The average Bonchev–Trinajstić information content (AvgIpc) is 2.48. The lowest BCUT2D eigenvalue weighted by atomic mass is 10.1. The van der Waals surface area contributed by atoms with Gasteiger partial charge in [-0.3, -0.25) is 0 Å². The van der Waals surface area contributed by atoms with E-state index < -0.39 is 10.0 Å². The van der Waals surface area contributed by atoms with Gasteiger partial charge in [0.05, 0.1) is 11.5 Å². The van der Waals surface area contributed by atoms with Crippen LogP contribution in [0.25, 0.3) is 0 Å². The number of ether oxygens (including phenoxy) is 1. The third-order valence-corrected chi connectivity index (χ3v) is 6.02. The summed E-state index contributed by atoms with van der Waals surface area (Å²) in [7, 11) is -1.92. The summed E-state index contributed by atoms with van der Waals surface area (Å²) >= 11 is 0. The average molecular weight is 347 g/mol. The summed E-state index contributed by atoms with van der Waals surface area (Å²) < 4.78 is 32.7. The minimum absolute atomic E-state index is 0.321. The molecule has 0 atom stereocenters. The molecule has 2 aromatic carbocycles. The van der Waals surface area contributed by atoms with E-state index >= 15 is 0 Å². The molecule has 5 heteroatoms. The van der Waals surface area contributed by atoms with Crippen LogP contribution in [0.2, 0.25) is 0 Å². The van der Waals surface area contributed by atoms with Gasteiger partial charge in [-0.25, -0.2) is 8.42 Å². The molecule has 130 valence electrons. The van der Waals surface area contributed by atoms with Crippen molar-refractivity contribution in [1.82, 2.24) is 4.31 Å². The molecule has 0 aliphatic rings. The zero-order valence-corrected chi connectivity index (χ0v) is 15.8. The predicted octanol–water partition coefficient (Wildman–Crippen LogP) is 3.83. The molecule has 0 heterocycles. The Morgan fingerprint density at radius 1 is 1.00 bits per heavy atom. The summed E-state index contributed by atoms with van der Waals surface area (Å²) in [4.78, 5) is 0.404. The van der Waals surface area contributed by atoms with E-state index in [0.717, 1.165) is 28.0 Å². The predicted molar refractivity (Wildman–Crippen MR) is 96.9 cm³/mol. The summed E-state index contributed by atoms with van der Waals surface area (Å²) in [6.07, 6.45) is 0. The number of hydrogen-bond donors (Lipinski definition) is 0. The van der Waals surface area contributed by atoms with E-state index in [2.05, 4.69) is 0 Å². The summed E-state index contributed by atoms with van der Waals surface area (Å²) in [6.45, 7) is 8.52. The molecule has 0 saturated heterocycles. The number of aryl methyl sites for hydroxylation is 3.